The molecule has 0 aromatic carbocycles. The lowest BCUT2D eigenvalue weighted by atomic mass is 9.45. The summed E-state index contributed by atoms with van der Waals surface area (Å²) >= 11 is 0. The zero-order valence-electron chi connectivity index (χ0n) is 13.9. The summed E-state index contributed by atoms with van der Waals surface area (Å²) in [5.41, 5.74) is 1.79. The molecular formula is C18H18O7. The number of allylic oxidation sites excluding steroid dienone is 2. The van der Waals surface area contributed by atoms with E-state index in [9.17, 15) is 19.2 Å². The fraction of sp³-hybridized carbons (Fsp3) is 0.556. The first-order valence-corrected chi connectivity index (χ1v) is 8.32. The van der Waals surface area contributed by atoms with Crippen LogP contribution >= 0.6 is 0 Å². The summed E-state index contributed by atoms with van der Waals surface area (Å²) in [6.45, 7) is 2.89. The van der Waals surface area contributed by atoms with Gasteiger partial charge in [-0.25, -0.2) is 0 Å². The van der Waals surface area contributed by atoms with Crippen molar-refractivity contribution in [1.82, 2.24) is 0 Å². The summed E-state index contributed by atoms with van der Waals surface area (Å²) in [5, 5.41) is 0. The van der Waals surface area contributed by atoms with Gasteiger partial charge in [0, 0.05) is 13.8 Å². The number of hydrogen-bond donors (Lipinski definition) is 0. The van der Waals surface area contributed by atoms with Gasteiger partial charge >= 0.3 is 23.9 Å². The molecule has 5 rings (SSSR count). The lowest BCUT2D eigenvalue weighted by molar-refractivity contribution is -0.154. The third-order valence-corrected chi connectivity index (χ3v) is 5.81. The largest absolute Gasteiger partial charge is 0.461 e. The molecule has 1 saturated heterocycles. The van der Waals surface area contributed by atoms with Crippen LogP contribution in [0.5, 0.6) is 0 Å². The molecule has 5 aliphatic rings. The SMILES string of the molecule is CC(=O)OCC1=C(COC(C)=O)[C@H]2[C@H]3C=C[C@H]([C@@H]12)[C@@H]1C(=O)OC(=O)[C@@H]31. The average Bonchev–Trinajstić information content (AvgIpc) is 2.83. The van der Waals surface area contributed by atoms with Gasteiger partial charge in [-0.15, -0.1) is 0 Å². The summed E-state index contributed by atoms with van der Waals surface area (Å²) in [5.74, 6) is -2.92. The number of esters is 4. The van der Waals surface area contributed by atoms with E-state index in [0.29, 0.717) is 0 Å². The van der Waals surface area contributed by atoms with E-state index in [1.807, 2.05) is 12.2 Å². The first-order chi connectivity index (χ1) is 11.9. The van der Waals surface area contributed by atoms with Crippen molar-refractivity contribution in [3.8, 4) is 0 Å². The fourth-order valence-corrected chi connectivity index (χ4v) is 4.95. The second kappa shape index (κ2) is 5.54. The number of cyclic esters (lactones) is 2. The summed E-state index contributed by atoms with van der Waals surface area (Å²) in [6.07, 6.45) is 3.95. The molecule has 7 nitrogen and oxygen atoms in total. The van der Waals surface area contributed by atoms with Crippen LogP contribution in [0.25, 0.3) is 0 Å². The summed E-state index contributed by atoms with van der Waals surface area (Å²) < 4.78 is 15.2. The van der Waals surface area contributed by atoms with Crippen molar-refractivity contribution in [3.05, 3.63) is 23.3 Å². The van der Waals surface area contributed by atoms with Crippen LogP contribution in [0.3, 0.4) is 0 Å². The molecule has 0 radical (unpaired) electrons. The highest BCUT2D eigenvalue weighted by molar-refractivity contribution is 5.98. The Balaban J connectivity index is 1.67. The van der Waals surface area contributed by atoms with Gasteiger partial charge in [-0.05, 0) is 34.8 Å². The van der Waals surface area contributed by atoms with Gasteiger partial charge < -0.3 is 14.2 Å². The van der Waals surface area contributed by atoms with Gasteiger partial charge in [0.25, 0.3) is 0 Å². The van der Waals surface area contributed by atoms with Crippen molar-refractivity contribution >= 4 is 23.9 Å². The lowest BCUT2D eigenvalue weighted by Crippen LogP contribution is -2.56. The first-order valence-electron chi connectivity index (χ1n) is 8.32. The maximum Gasteiger partial charge on any atom is 0.318 e. The Kier molecular flexibility index (Phi) is 3.56. The van der Waals surface area contributed by atoms with Gasteiger partial charge in [-0.1, -0.05) is 12.2 Å². The lowest BCUT2D eigenvalue weighted by Gasteiger charge is -2.56. The molecule has 2 fully saturated rings. The maximum atomic E-state index is 12.1. The molecule has 2 bridgehead atoms. The zero-order valence-corrected chi connectivity index (χ0v) is 13.9. The van der Waals surface area contributed by atoms with Gasteiger partial charge in [-0.3, -0.25) is 19.2 Å². The summed E-state index contributed by atoms with van der Waals surface area (Å²) in [4.78, 5) is 46.6. The minimum absolute atomic E-state index is 0.0135. The number of rotatable bonds is 4. The van der Waals surface area contributed by atoms with Crippen LogP contribution < -0.4 is 0 Å². The highest BCUT2D eigenvalue weighted by Gasteiger charge is 2.65. The van der Waals surface area contributed by atoms with E-state index in [1.165, 1.54) is 13.8 Å². The molecule has 25 heavy (non-hydrogen) atoms. The number of ether oxygens (including phenoxy) is 3. The third-order valence-electron chi connectivity index (χ3n) is 5.81. The Morgan fingerprint density at radius 1 is 0.840 bits per heavy atom. The van der Waals surface area contributed by atoms with Crippen LogP contribution in [-0.4, -0.2) is 37.1 Å². The van der Waals surface area contributed by atoms with Gasteiger partial charge in [0.2, 0.25) is 0 Å². The molecule has 0 N–H and O–H groups in total. The van der Waals surface area contributed by atoms with E-state index in [1.54, 1.807) is 0 Å². The molecule has 0 unspecified atom stereocenters. The van der Waals surface area contributed by atoms with Crippen LogP contribution in [0.1, 0.15) is 13.8 Å². The smallest absolute Gasteiger partial charge is 0.318 e. The Morgan fingerprint density at radius 3 is 1.60 bits per heavy atom. The summed E-state index contributed by atoms with van der Waals surface area (Å²) in [7, 11) is 0. The molecule has 132 valence electrons. The van der Waals surface area contributed by atoms with Crippen molar-refractivity contribution in [2.24, 2.45) is 35.5 Å². The molecule has 4 aliphatic carbocycles. The molecule has 0 spiro atoms. The van der Waals surface area contributed by atoms with Crippen molar-refractivity contribution in [2.45, 2.75) is 13.8 Å². The monoisotopic (exact) mass is 346 g/mol. The Bertz CT molecular complexity index is 687. The van der Waals surface area contributed by atoms with Gasteiger partial charge in [0.1, 0.15) is 13.2 Å². The zero-order chi connectivity index (χ0) is 17.9. The van der Waals surface area contributed by atoms with Gasteiger partial charge in [-0.2, -0.15) is 0 Å². The van der Waals surface area contributed by atoms with E-state index < -0.39 is 35.7 Å². The predicted octanol–water partition coefficient (Wildman–Crippen LogP) is 0.787. The van der Waals surface area contributed by atoms with Crippen LogP contribution in [0.4, 0.5) is 0 Å². The molecule has 7 heteroatoms. The standard InChI is InChI=1S/C18H18O7/c1-7(19)23-5-11-12(6-24-8(2)20)14-10-4-3-9(13(11)14)15-16(10)18(22)25-17(15)21/h3-4,9-10,13-16H,5-6H2,1-2H3/t9-,10-,13-,14+,15+,16+/m1/s1. The van der Waals surface area contributed by atoms with Gasteiger partial charge in [0.15, 0.2) is 0 Å². The Morgan fingerprint density at radius 2 is 1.24 bits per heavy atom. The fourth-order valence-electron chi connectivity index (χ4n) is 4.95. The second-order valence-corrected chi connectivity index (χ2v) is 6.99. The topological polar surface area (TPSA) is 96.0 Å². The molecule has 1 saturated carbocycles. The van der Waals surface area contributed by atoms with E-state index in [-0.39, 0.29) is 36.9 Å². The molecule has 0 amide bonds. The van der Waals surface area contributed by atoms with E-state index in [2.05, 4.69) is 0 Å². The van der Waals surface area contributed by atoms with Crippen LogP contribution in [0, 0.1) is 35.5 Å². The average molecular weight is 346 g/mol. The summed E-state index contributed by atoms with van der Waals surface area (Å²) in [6, 6.07) is 0. The van der Waals surface area contributed by atoms with Crippen LogP contribution in [0.15, 0.2) is 23.3 Å². The third kappa shape index (κ3) is 2.25. The normalized spacial score (nSPS) is 37.2. The molecule has 0 aromatic rings. The van der Waals surface area contributed by atoms with E-state index in [0.717, 1.165) is 11.1 Å². The number of carbonyl (C=O) groups is 4. The number of carbonyl (C=O) groups excluding carboxylic acids is 4. The molecule has 0 aromatic heterocycles. The number of hydrogen-bond acceptors (Lipinski definition) is 7. The van der Waals surface area contributed by atoms with Crippen molar-refractivity contribution in [2.75, 3.05) is 13.2 Å². The second-order valence-electron chi connectivity index (χ2n) is 6.99. The molecular weight excluding hydrogens is 328 g/mol. The predicted molar refractivity (Wildman–Crippen MR) is 81.5 cm³/mol. The quantitative estimate of drug-likeness (QED) is 0.321. The van der Waals surface area contributed by atoms with Crippen LogP contribution in [0.2, 0.25) is 0 Å². The minimum atomic E-state index is -0.466. The Hall–Kier alpha value is -2.44. The van der Waals surface area contributed by atoms with Crippen LogP contribution in [-0.2, 0) is 33.4 Å². The minimum Gasteiger partial charge on any atom is -0.461 e. The Labute approximate surface area is 144 Å². The molecule has 6 atom stereocenters. The first kappa shape index (κ1) is 16.1. The highest BCUT2D eigenvalue weighted by Crippen LogP contribution is 2.63. The van der Waals surface area contributed by atoms with Gasteiger partial charge in [0.05, 0.1) is 11.8 Å². The molecule has 1 heterocycles. The maximum absolute atomic E-state index is 12.1. The van der Waals surface area contributed by atoms with E-state index in [4.69, 9.17) is 14.2 Å². The van der Waals surface area contributed by atoms with Crippen molar-refractivity contribution in [3.63, 3.8) is 0 Å². The highest BCUT2D eigenvalue weighted by atomic mass is 16.6. The van der Waals surface area contributed by atoms with Crippen molar-refractivity contribution < 1.29 is 33.4 Å². The van der Waals surface area contributed by atoms with E-state index >= 15 is 0 Å². The molecule has 1 aliphatic heterocycles. The van der Waals surface area contributed by atoms with Crippen molar-refractivity contribution in [1.29, 1.82) is 0 Å².